The molecule has 8 heteroatoms. The maximum atomic E-state index is 13.1. The van der Waals surface area contributed by atoms with Gasteiger partial charge in [-0.2, -0.15) is 0 Å². The van der Waals surface area contributed by atoms with Gasteiger partial charge in [-0.25, -0.2) is 9.89 Å². The number of aromatic amines is 1. The van der Waals surface area contributed by atoms with Crippen LogP contribution in [0.15, 0.2) is 53.6 Å². The van der Waals surface area contributed by atoms with Crippen LogP contribution in [-0.2, 0) is 19.5 Å². The van der Waals surface area contributed by atoms with Crippen molar-refractivity contribution in [2.75, 3.05) is 0 Å². The van der Waals surface area contributed by atoms with Gasteiger partial charge in [-0.3, -0.25) is 14.1 Å². The van der Waals surface area contributed by atoms with Crippen molar-refractivity contribution in [3.63, 3.8) is 0 Å². The van der Waals surface area contributed by atoms with Crippen molar-refractivity contribution in [1.82, 2.24) is 34.7 Å². The van der Waals surface area contributed by atoms with Gasteiger partial charge < -0.3 is 0 Å². The zero-order valence-electron chi connectivity index (χ0n) is 19.4. The van der Waals surface area contributed by atoms with Crippen molar-refractivity contribution in [3.05, 3.63) is 70.5 Å². The number of pyridine rings is 1. The molecule has 0 atom stereocenters. The van der Waals surface area contributed by atoms with Crippen molar-refractivity contribution >= 4 is 0 Å². The van der Waals surface area contributed by atoms with Crippen molar-refractivity contribution < 1.29 is 0 Å². The number of nitrogens with one attached hydrogen (secondary N) is 1. The fraction of sp³-hybridized carbons (Fsp3) is 0.400. The Morgan fingerprint density at radius 3 is 2.55 bits per heavy atom. The van der Waals surface area contributed by atoms with E-state index >= 15 is 0 Å². The van der Waals surface area contributed by atoms with E-state index in [1.165, 1.54) is 12.8 Å². The summed E-state index contributed by atoms with van der Waals surface area (Å²) in [6, 6.07) is 12.0. The van der Waals surface area contributed by atoms with E-state index in [1.54, 1.807) is 6.20 Å². The molecule has 0 aliphatic carbocycles. The molecule has 0 aliphatic rings. The number of rotatable bonds is 11. The van der Waals surface area contributed by atoms with Crippen LogP contribution in [0.3, 0.4) is 0 Å². The van der Waals surface area contributed by atoms with Crippen LogP contribution in [0.1, 0.15) is 57.2 Å². The highest BCUT2D eigenvalue weighted by atomic mass is 16.1. The van der Waals surface area contributed by atoms with E-state index in [1.807, 2.05) is 33.4 Å². The molecule has 8 nitrogen and oxygen atoms in total. The maximum absolute atomic E-state index is 13.1. The third kappa shape index (κ3) is 5.27. The van der Waals surface area contributed by atoms with Gasteiger partial charge in [-0.15, -0.1) is 5.10 Å². The first-order valence-electron chi connectivity index (χ1n) is 11.8. The third-order valence-corrected chi connectivity index (χ3v) is 5.89. The summed E-state index contributed by atoms with van der Waals surface area (Å²) in [5, 5.41) is 14.2. The molecule has 0 bridgehead atoms. The van der Waals surface area contributed by atoms with Crippen LogP contribution in [0.2, 0.25) is 0 Å². The Labute approximate surface area is 193 Å². The SMILES string of the molecule is CCCCCc1cn(CCCC)c(=O)n1Cc1ccc(-c2ncccc2-c2nnn[nH]2)cc1. The quantitative estimate of drug-likeness (QED) is 0.344. The number of benzene rings is 1. The summed E-state index contributed by atoms with van der Waals surface area (Å²) in [6.45, 7) is 5.70. The minimum absolute atomic E-state index is 0.0869. The summed E-state index contributed by atoms with van der Waals surface area (Å²) in [5.41, 5.74) is 4.93. The molecule has 0 saturated carbocycles. The van der Waals surface area contributed by atoms with Gasteiger partial charge in [0.05, 0.1) is 12.2 Å². The molecular formula is C25H31N7O. The van der Waals surface area contributed by atoms with Gasteiger partial charge in [-0.05, 0) is 47.4 Å². The Morgan fingerprint density at radius 1 is 1.00 bits per heavy atom. The molecule has 0 aliphatic heterocycles. The van der Waals surface area contributed by atoms with Gasteiger partial charge >= 0.3 is 5.69 Å². The Balaban J connectivity index is 1.59. The minimum atomic E-state index is 0.0869. The number of unbranched alkanes of at least 4 members (excludes halogenated alkanes) is 3. The lowest BCUT2D eigenvalue weighted by Crippen LogP contribution is -2.25. The summed E-state index contributed by atoms with van der Waals surface area (Å²) < 4.78 is 3.82. The van der Waals surface area contributed by atoms with Gasteiger partial charge in [0.2, 0.25) is 0 Å². The molecule has 33 heavy (non-hydrogen) atoms. The second-order valence-electron chi connectivity index (χ2n) is 8.34. The number of nitrogens with zero attached hydrogens (tertiary/aromatic N) is 6. The first-order chi connectivity index (χ1) is 16.2. The smallest absolute Gasteiger partial charge is 0.299 e. The zero-order valence-corrected chi connectivity index (χ0v) is 19.4. The molecule has 0 radical (unpaired) electrons. The van der Waals surface area contributed by atoms with Crippen molar-refractivity contribution in [1.29, 1.82) is 0 Å². The molecule has 0 saturated heterocycles. The van der Waals surface area contributed by atoms with E-state index in [4.69, 9.17) is 0 Å². The Hall–Kier alpha value is -3.55. The van der Waals surface area contributed by atoms with Crippen molar-refractivity contribution in [2.45, 2.75) is 65.5 Å². The molecule has 0 fully saturated rings. The van der Waals surface area contributed by atoms with Crippen LogP contribution in [0.25, 0.3) is 22.6 Å². The van der Waals surface area contributed by atoms with E-state index in [0.29, 0.717) is 12.4 Å². The standard InChI is InChI=1S/C25H31N7O/c1-3-5-7-9-21-18-31(16-6-4-2)25(33)32(21)17-19-11-13-20(14-12-19)23-22(10-8-15-26-23)24-27-29-30-28-24/h8,10-15,18H,3-7,9,16-17H2,1-2H3,(H,27,28,29,30). The fourth-order valence-electron chi connectivity index (χ4n) is 4.05. The molecular weight excluding hydrogens is 414 g/mol. The molecule has 172 valence electrons. The first-order valence-corrected chi connectivity index (χ1v) is 11.8. The Bertz CT molecular complexity index is 1210. The average Bonchev–Trinajstić information content (AvgIpc) is 3.48. The van der Waals surface area contributed by atoms with Crippen molar-refractivity contribution in [3.8, 4) is 22.6 Å². The number of H-pyrrole nitrogens is 1. The Morgan fingerprint density at radius 2 is 1.82 bits per heavy atom. The molecule has 1 aromatic carbocycles. The second-order valence-corrected chi connectivity index (χ2v) is 8.34. The van der Waals surface area contributed by atoms with E-state index in [0.717, 1.165) is 60.3 Å². The van der Waals surface area contributed by atoms with Gasteiger partial charge in [0, 0.05) is 35.8 Å². The van der Waals surface area contributed by atoms with Crippen LogP contribution in [0, 0.1) is 0 Å². The summed E-state index contributed by atoms with van der Waals surface area (Å²) in [7, 11) is 0. The van der Waals surface area contributed by atoms with E-state index < -0.39 is 0 Å². The van der Waals surface area contributed by atoms with Crippen LogP contribution in [0.5, 0.6) is 0 Å². The largest absolute Gasteiger partial charge is 0.328 e. The maximum Gasteiger partial charge on any atom is 0.328 e. The summed E-state index contributed by atoms with van der Waals surface area (Å²) in [6.07, 6.45) is 10.3. The molecule has 3 aromatic heterocycles. The first kappa shape index (κ1) is 22.6. The molecule has 1 N–H and O–H groups in total. The molecule has 0 amide bonds. The number of aryl methyl sites for hydroxylation is 2. The number of tetrazole rings is 1. The lowest BCUT2D eigenvalue weighted by Gasteiger charge is -2.09. The monoisotopic (exact) mass is 445 g/mol. The molecule has 3 heterocycles. The van der Waals surface area contributed by atoms with Gasteiger partial charge in [-0.1, -0.05) is 57.4 Å². The summed E-state index contributed by atoms with van der Waals surface area (Å²) in [5.74, 6) is 0.582. The molecule has 0 spiro atoms. The fourth-order valence-corrected chi connectivity index (χ4v) is 4.05. The van der Waals surface area contributed by atoms with E-state index in [9.17, 15) is 4.79 Å². The zero-order chi connectivity index (χ0) is 23.0. The van der Waals surface area contributed by atoms with Crippen LogP contribution in [-0.4, -0.2) is 34.7 Å². The van der Waals surface area contributed by atoms with Gasteiger partial charge in [0.25, 0.3) is 0 Å². The number of imidazole rings is 1. The van der Waals surface area contributed by atoms with Crippen LogP contribution >= 0.6 is 0 Å². The number of aromatic nitrogens is 7. The Kier molecular flexibility index (Phi) is 7.44. The molecule has 0 unspecified atom stereocenters. The topological polar surface area (TPSA) is 94.3 Å². The van der Waals surface area contributed by atoms with Crippen LogP contribution < -0.4 is 5.69 Å². The van der Waals surface area contributed by atoms with Gasteiger partial charge in [0.15, 0.2) is 5.82 Å². The molecule has 4 rings (SSSR count). The third-order valence-electron chi connectivity index (χ3n) is 5.89. The highest BCUT2D eigenvalue weighted by Gasteiger charge is 2.14. The highest BCUT2D eigenvalue weighted by Crippen LogP contribution is 2.27. The van der Waals surface area contributed by atoms with Crippen LogP contribution in [0.4, 0.5) is 0 Å². The predicted molar refractivity (Wildman–Crippen MR) is 129 cm³/mol. The molecule has 4 aromatic rings. The second kappa shape index (κ2) is 10.8. The summed E-state index contributed by atoms with van der Waals surface area (Å²) in [4.78, 5) is 17.6. The predicted octanol–water partition coefficient (Wildman–Crippen LogP) is 4.47. The van der Waals surface area contributed by atoms with Gasteiger partial charge in [0.1, 0.15) is 0 Å². The summed E-state index contributed by atoms with van der Waals surface area (Å²) >= 11 is 0. The lowest BCUT2D eigenvalue weighted by atomic mass is 10.0. The average molecular weight is 446 g/mol. The highest BCUT2D eigenvalue weighted by molar-refractivity contribution is 5.76. The minimum Gasteiger partial charge on any atom is -0.299 e. The lowest BCUT2D eigenvalue weighted by molar-refractivity contribution is 0.591. The number of hydrogen-bond acceptors (Lipinski definition) is 5. The normalized spacial score (nSPS) is 11.2. The van der Waals surface area contributed by atoms with E-state index in [-0.39, 0.29) is 5.69 Å². The number of hydrogen-bond donors (Lipinski definition) is 1. The van der Waals surface area contributed by atoms with E-state index in [2.05, 4.69) is 57.8 Å². The van der Waals surface area contributed by atoms with Crippen molar-refractivity contribution in [2.24, 2.45) is 0 Å².